The van der Waals surface area contributed by atoms with Crippen molar-refractivity contribution in [1.29, 1.82) is 0 Å². The number of rotatable bonds is 9. The lowest BCUT2D eigenvalue weighted by Gasteiger charge is -2.27. The number of methoxy groups -OCH3 is 1. The van der Waals surface area contributed by atoms with Crippen molar-refractivity contribution in [2.45, 2.75) is 19.9 Å². The molecule has 0 aromatic heterocycles. The fraction of sp³-hybridized carbons (Fsp3) is 0.647. The lowest BCUT2D eigenvalue weighted by atomic mass is 10.0. The van der Waals surface area contributed by atoms with E-state index in [1.165, 1.54) is 11.1 Å². The summed E-state index contributed by atoms with van der Waals surface area (Å²) in [7, 11) is 8.14. The summed E-state index contributed by atoms with van der Waals surface area (Å²) >= 11 is 0. The van der Waals surface area contributed by atoms with E-state index in [1.54, 1.807) is 7.11 Å². The van der Waals surface area contributed by atoms with Gasteiger partial charge in [0.25, 0.3) is 0 Å². The fourth-order valence-corrected chi connectivity index (χ4v) is 2.42. The molecular formula is C17H31N3O. The highest BCUT2D eigenvalue weighted by molar-refractivity contribution is 5.39. The molecule has 0 fully saturated rings. The van der Waals surface area contributed by atoms with Gasteiger partial charge < -0.3 is 19.9 Å². The van der Waals surface area contributed by atoms with Crippen molar-refractivity contribution in [3.63, 3.8) is 0 Å². The van der Waals surface area contributed by atoms with Crippen LogP contribution in [0, 0.1) is 6.92 Å². The molecular weight excluding hydrogens is 262 g/mol. The molecule has 4 nitrogen and oxygen atoms in total. The van der Waals surface area contributed by atoms with Gasteiger partial charge in [0.05, 0.1) is 7.11 Å². The Morgan fingerprint density at radius 3 is 2.48 bits per heavy atom. The maximum Gasteiger partial charge on any atom is 0.123 e. The molecule has 1 aromatic carbocycles. The highest BCUT2D eigenvalue weighted by Crippen LogP contribution is 2.26. The topological polar surface area (TPSA) is 27.7 Å². The van der Waals surface area contributed by atoms with E-state index in [1.807, 2.05) is 0 Å². The zero-order chi connectivity index (χ0) is 15.8. The van der Waals surface area contributed by atoms with Crippen LogP contribution in [0.2, 0.25) is 0 Å². The van der Waals surface area contributed by atoms with E-state index in [0.29, 0.717) is 0 Å². The van der Waals surface area contributed by atoms with Gasteiger partial charge in [-0.15, -0.1) is 0 Å². The minimum atomic E-state index is 0.289. The maximum atomic E-state index is 5.54. The van der Waals surface area contributed by atoms with Crippen LogP contribution in [0.4, 0.5) is 0 Å². The highest BCUT2D eigenvalue weighted by atomic mass is 16.5. The average Bonchev–Trinajstić information content (AvgIpc) is 2.44. The van der Waals surface area contributed by atoms with Crippen LogP contribution in [0.15, 0.2) is 18.2 Å². The summed E-state index contributed by atoms with van der Waals surface area (Å²) in [6.07, 6.45) is 0. The zero-order valence-electron chi connectivity index (χ0n) is 14.4. The Balaban J connectivity index is 2.83. The standard InChI is InChI=1S/C17H31N3O/c1-7-18-16(13-20(5)11-10-19(3)4)15-12-14(2)8-9-17(15)21-6/h8-9,12,16,18H,7,10-11,13H2,1-6H3. The van der Waals surface area contributed by atoms with Crippen molar-refractivity contribution >= 4 is 0 Å². The van der Waals surface area contributed by atoms with Crippen molar-refractivity contribution in [2.24, 2.45) is 0 Å². The first-order valence-electron chi connectivity index (χ1n) is 7.69. The van der Waals surface area contributed by atoms with Crippen LogP contribution in [-0.2, 0) is 0 Å². The summed E-state index contributed by atoms with van der Waals surface area (Å²) < 4.78 is 5.54. The Morgan fingerprint density at radius 1 is 1.19 bits per heavy atom. The summed E-state index contributed by atoms with van der Waals surface area (Å²) in [5, 5.41) is 3.58. The van der Waals surface area contributed by atoms with Gasteiger partial charge in [0.15, 0.2) is 0 Å². The number of nitrogens with one attached hydrogen (secondary N) is 1. The van der Waals surface area contributed by atoms with E-state index in [0.717, 1.165) is 31.9 Å². The number of hydrogen-bond donors (Lipinski definition) is 1. The fourth-order valence-electron chi connectivity index (χ4n) is 2.42. The highest BCUT2D eigenvalue weighted by Gasteiger charge is 2.17. The van der Waals surface area contributed by atoms with Crippen molar-refractivity contribution in [3.8, 4) is 5.75 Å². The molecule has 21 heavy (non-hydrogen) atoms. The molecule has 0 aliphatic rings. The van der Waals surface area contributed by atoms with Gasteiger partial charge in [0, 0.05) is 31.2 Å². The summed E-state index contributed by atoms with van der Waals surface area (Å²) in [4.78, 5) is 4.58. The van der Waals surface area contributed by atoms with E-state index in [-0.39, 0.29) is 6.04 Å². The Labute approximate surface area is 130 Å². The predicted molar refractivity (Wildman–Crippen MR) is 90.2 cm³/mol. The van der Waals surface area contributed by atoms with Gasteiger partial charge >= 0.3 is 0 Å². The molecule has 1 unspecified atom stereocenters. The minimum Gasteiger partial charge on any atom is -0.496 e. The first-order valence-corrected chi connectivity index (χ1v) is 7.69. The first kappa shape index (κ1) is 18.0. The maximum absolute atomic E-state index is 5.54. The molecule has 1 aromatic rings. The summed E-state index contributed by atoms with van der Waals surface area (Å²) in [6.45, 7) is 8.32. The third-order valence-electron chi connectivity index (χ3n) is 3.63. The average molecular weight is 293 g/mol. The lowest BCUT2D eigenvalue weighted by Crippen LogP contribution is -2.36. The van der Waals surface area contributed by atoms with Crippen LogP contribution < -0.4 is 10.1 Å². The molecule has 0 bridgehead atoms. The van der Waals surface area contributed by atoms with E-state index in [4.69, 9.17) is 4.74 Å². The SMILES string of the molecule is CCNC(CN(C)CCN(C)C)c1cc(C)ccc1OC. The molecule has 4 heteroatoms. The van der Waals surface area contributed by atoms with Gasteiger partial charge in [-0.25, -0.2) is 0 Å². The first-order chi connectivity index (χ1) is 9.97. The Bertz CT molecular complexity index is 420. The van der Waals surface area contributed by atoms with Crippen LogP contribution in [0.5, 0.6) is 5.75 Å². The van der Waals surface area contributed by atoms with Gasteiger partial charge in [-0.3, -0.25) is 0 Å². The number of hydrogen-bond acceptors (Lipinski definition) is 4. The van der Waals surface area contributed by atoms with E-state index < -0.39 is 0 Å². The van der Waals surface area contributed by atoms with Crippen molar-refractivity contribution in [3.05, 3.63) is 29.3 Å². The van der Waals surface area contributed by atoms with Gasteiger partial charge in [0.2, 0.25) is 0 Å². The van der Waals surface area contributed by atoms with Gasteiger partial charge in [-0.2, -0.15) is 0 Å². The molecule has 0 aliphatic carbocycles. The van der Waals surface area contributed by atoms with E-state index in [2.05, 4.69) is 68.3 Å². The van der Waals surface area contributed by atoms with Crippen LogP contribution >= 0.6 is 0 Å². The minimum absolute atomic E-state index is 0.289. The second kappa shape index (κ2) is 9.03. The van der Waals surface area contributed by atoms with Crippen LogP contribution in [0.3, 0.4) is 0 Å². The van der Waals surface area contributed by atoms with E-state index in [9.17, 15) is 0 Å². The van der Waals surface area contributed by atoms with Gasteiger partial charge in [0.1, 0.15) is 5.75 Å². The number of aryl methyl sites for hydroxylation is 1. The van der Waals surface area contributed by atoms with Crippen LogP contribution in [0.25, 0.3) is 0 Å². The third-order valence-corrected chi connectivity index (χ3v) is 3.63. The number of nitrogens with zero attached hydrogens (tertiary/aromatic N) is 2. The molecule has 1 atom stereocenters. The summed E-state index contributed by atoms with van der Waals surface area (Å²) in [6, 6.07) is 6.68. The lowest BCUT2D eigenvalue weighted by molar-refractivity contribution is 0.255. The van der Waals surface area contributed by atoms with Crippen molar-refractivity contribution < 1.29 is 4.74 Å². The predicted octanol–water partition coefficient (Wildman–Crippen LogP) is 2.15. The number of ether oxygens (including phenoxy) is 1. The molecule has 0 saturated carbocycles. The molecule has 0 amide bonds. The quantitative estimate of drug-likeness (QED) is 0.755. The number of benzene rings is 1. The third kappa shape index (κ3) is 6.04. The molecule has 0 aliphatic heterocycles. The Morgan fingerprint density at radius 2 is 1.90 bits per heavy atom. The Hall–Kier alpha value is -1.10. The Kier molecular flexibility index (Phi) is 7.72. The van der Waals surface area contributed by atoms with Gasteiger partial charge in [-0.1, -0.05) is 24.6 Å². The van der Waals surface area contributed by atoms with Gasteiger partial charge in [-0.05, 0) is 40.7 Å². The number of likely N-dealkylation sites (N-methyl/N-ethyl adjacent to an activating group) is 3. The molecule has 1 N–H and O–H groups in total. The monoisotopic (exact) mass is 293 g/mol. The summed E-state index contributed by atoms with van der Waals surface area (Å²) in [5.74, 6) is 0.965. The van der Waals surface area contributed by atoms with E-state index >= 15 is 0 Å². The largest absolute Gasteiger partial charge is 0.496 e. The van der Waals surface area contributed by atoms with Crippen molar-refractivity contribution in [1.82, 2.24) is 15.1 Å². The second-order valence-electron chi connectivity index (χ2n) is 5.92. The van der Waals surface area contributed by atoms with Crippen molar-refractivity contribution in [2.75, 3.05) is 54.4 Å². The normalized spacial score (nSPS) is 13.0. The molecule has 0 radical (unpaired) electrons. The van der Waals surface area contributed by atoms with Crippen LogP contribution in [-0.4, -0.2) is 64.2 Å². The molecule has 0 spiro atoms. The summed E-state index contributed by atoms with van der Waals surface area (Å²) in [5.41, 5.74) is 2.51. The smallest absolute Gasteiger partial charge is 0.123 e. The zero-order valence-corrected chi connectivity index (χ0v) is 14.4. The molecule has 1 rings (SSSR count). The molecule has 120 valence electrons. The second-order valence-corrected chi connectivity index (χ2v) is 5.92. The molecule has 0 saturated heterocycles. The molecule has 0 heterocycles. The van der Waals surface area contributed by atoms with Crippen LogP contribution in [0.1, 0.15) is 24.1 Å².